The van der Waals surface area contributed by atoms with Gasteiger partial charge >= 0.3 is 0 Å². The van der Waals surface area contributed by atoms with Crippen LogP contribution in [0.5, 0.6) is 0 Å². The number of amides is 1. The molecule has 2 aliphatic rings. The van der Waals surface area contributed by atoms with Crippen LogP contribution >= 0.6 is 0 Å². The van der Waals surface area contributed by atoms with Crippen LogP contribution in [0, 0.1) is 5.41 Å². The molecular formula is C14H26N2O2. The number of rotatable bonds is 7. The SMILES string of the molecule is CCC(CC)(CO)CN1CCC(NC2CC2)C1=O. The van der Waals surface area contributed by atoms with Crippen LogP contribution in [0.3, 0.4) is 0 Å². The molecule has 0 spiro atoms. The largest absolute Gasteiger partial charge is 0.396 e. The van der Waals surface area contributed by atoms with E-state index in [4.69, 9.17) is 0 Å². The zero-order valence-corrected chi connectivity index (χ0v) is 11.6. The van der Waals surface area contributed by atoms with E-state index < -0.39 is 0 Å². The van der Waals surface area contributed by atoms with Gasteiger partial charge < -0.3 is 15.3 Å². The Kier molecular flexibility index (Phi) is 4.28. The Morgan fingerprint density at radius 2 is 2.00 bits per heavy atom. The summed E-state index contributed by atoms with van der Waals surface area (Å²) in [5.41, 5.74) is -0.107. The molecule has 4 heteroatoms. The van der Waals surface area contributed by atoms with Crippen LogP contribution in [0.4, 0.5) is 0 Å². The van der Waals surface area contributed by atoms with Crippen molar-refractivity contribution in [3.63, 3.8) is 0 Å². The van der Waals surface area contributed by atoms with Gasteiger partial charge in [-0.25, -0.2) is 0 Å². The van der Waals surface area contributed by atoms with E-state index in [1.807, 2.05) is 4.90 Å². The van der Waals surface area contributed by atoms with E-state index in [1.54, 1.807) is 0 Å². The second-order valence-electron chi connectivity index (χ2n) is 5.91. The molecule has 2 fully saturated rings. The molecule has 1 saturated heterocycles. The van der Waals surface area contributed by atoms with Gasteiger partial charge in [0.2, 0.25) is 5.91 Å². The van der Waals surface area contributed by atoms with E-state index in [0.29, 0.717) is 12.6 Å². The quantitative estimate of drug-likeness (QED) is 0.716. The third-order valence-corrected chi connectivity index (χ3v) is 4.67. The van der Waals surface area contributed by atoms with E-state index >= 15 is 0 Å². The molecule has 0 aromatic heterocycles. The van der Waals surface area contributed by atoms with E-state index in [2.05, 4.69) is 19.2 Å². The van der Waals surface area contributed by atoms with Crippen molar-refractivity contribution in [2.75, 3.05) is 19.7 Å². The van der Waals surface area contributed by atoms with Crippen molar-refractivity contribution >= 4 is 5.91 Å². The van der Waals surface area contributed by atoms with Crippen molar-refractivity contribution in [3.05, 3.63) is 0 Å². The van der Waals surface area contributed by atoms with Crippen molar-refractivity contribution in [1.29, 1.82) is 0 Å². The Hall–Kier alpha value is -0.610. The summed E-state index contributed by atoms with van der Waals surface area (Å²) in [7, 11) is 0. The number of nitrogens with one attached hydrogen (secondary N) is 1. The molecule has 1 aliphatic carbocycles. The first-order chi connectivity index (χ1) is 8.64. The standard InChI is InChI=1S/C14H26N2O2/c1-3-14(4-2,10-17)9-16-8-7-12(13(16)18)15-11-5-6-11/h11-12,15,17H,3-10H2,1-2H3. The number of hydrogen-bond acceptors (Lipinski definition) is 3. The first-order valence-corrected chi connectivity index (χ1v) is 7.30. The van der Waals surface area contributed by atoms with Gasteiger partial charge in [0.15, 0.2) is 0 Å². The summed E-state index contributed by atoms with van der Waals surface area (Å²) < 4.78 is 0. The van der Waals surface area contributed by atoms with Gasteiger partial charge in [0, 0.05) is 24.5 Å². The lowest BCUT2D eigenvalue weighted by Crippen LogP contribution is -2.44. The molecule has 0 bridgehead atoms. The molecule has 0 radical (unpaired) electrons. The monoisotopic (exact) mass is 254 g/mol. The van der Waals surface area contributed by atoms with Crippen LogP contribution in [0.25, 0.3) is 0 Å². The molecule has 1 atom stereocenters. The normalized spacial score (nSPS) is 24.9. The maximum atomic E-state index is 12.3. The summed E-state index contributed by atoms with van der Waals surface area (Å²) >= 11 is 0. The van der Waals surface area contributed by atoms with Gasteiger partial charge in [-0.1, -0.05) is 13.8 Å². The highest BCUT2D eigenvalue weighted by Crippen LogP contribution is 2.29. The summed E-state index contributed by atoms with van der Waals surface area (Å²) in [6, 6.07) is 0.612. The van der Waals surface area contributed by atoms with Crippen molar-refractivity contribution in [2.45, 2.75) is 58.0 Å². The van der Waals surface area contributed by atoms with Crippen molar-refractivity contribution in [3.8, 4) is 0 Å². The zero-order valence-electron chi connectivity index (χ0n) is 11.6. The fourth-order valence-electron chi connectivity index (χ4n) is 2.74. The molecule has 4 nitrogen and oxygen atoms in total. The first kappa shape index (κ1) is 13.8. The molecule has 1 saturated carbocycles. The second-order valence-corrected chi connectivity index (χ2v) is 5.91. The highest BCUT2D eigenvalue weighted by molar-refractivity contribution is 5.84. The maximum absolute atomic E-state index is 12.3. The van der Waals surface area contributed by atoms with E-state index in [-0.39, 0.29) is 24.0 Å². The molecule has 0 aromatic rings. The third-order valence-electron chi connectivity index (χ3n) is 4.67. The highest BCUT2D eigenvalue weighted by atomic mass is 16.3. The Morgan fingerprint density at radius 3 is 2.50 bits per heavy atom. The Bertz CT molecular complexity index is 290. The van der Waals surface area contributed by atoms with E-state index in [0.717, 1.165) is 25.8 Å². The molecule has 2 rings (SSSR count). The minimum atomic E-state index is -0.107. The molecule has 1 unspecified atom stereocenters. The number of carbonyl (C=O) groups excluding carboxylic acids is 1. The highest BCUT2D eigenvalue weighted by Gasteiger charge is 2.38. The Morgan fingerprint density at radius 1 is 1.33 bits per heavy atom. The molecule has 1 heterocycles. The molecular weight excluding hydrogens is 228 g/mol. The summed E-state index contributed by atoms with van der Waals surface area (Å²) in [6.45, 7) is 5.91. The van der Waals surface area contributed by atoms with Crippen LogP contribution in [0.15, 0.2) is 0 Å². The lowest BCUT2D eigenvalue weighted by atomic mass is 9.83. The van der Waals surface area contributed by atoms with Gasteiger partial charge in [0.05, 0.1) is 12.6 Å². The molecule has 1 aliphatic heterocycles. The van der Waals surface area contributed by atoms with Crippen molar-refractivity contribution in [2.24, 2.45) is 5.41 Å². The van der Waals surface area contributed by atoms with Crippen LogP contribution in [0.1, 0.15) is 46.0 Å². The van der Waals surface area contributed by atoms with Crippen LogP contribution in [-0.2, 0) is 4.79 Å². The number of nitrogens with zero attached hydrogens (tertiary/aromatic N) is 1. The second kappa shape index (κ2) is 5.57. The zero-order chi connectivity index (χ0) is 13.2. The lowest BCUT2D eigenvalue weighted by Gasteiger charge is -2.34. The van der Waals surface area contributed by atoms with Gasteiger partial charge in [-0.3, -0.25) is 4.79 Å². The predicted octanol–water partition coefficient (Wildman–Crippen LogP) is 1.14. The summed E-state index contributed by atoms with van der Waals surface area (Å²) in [5.74, 6) is 0.238. The van der Waals surface area contributed by atoms with Crippen LogP contribution < -0.4 is 5.32 Å². The van der Waals surface area contributed by atoms with Gasteiger partial charge in [0.25, 0.3) is 0 Å². The van der Waals surface area contributed by atoms with Crippen LogP contribution in [0.2, 0.25) is 0 Å². The molecule has 104 valence electrons. The van der Waals surface area contributed by atoms with Gasteiger partial charge in [-0.15, -0.1) is 0 Å². The lowest BCUT2D eigenvalue weighted by molar-refractivity contribution is -0.131. The van der Waals surface area contributed by atoms with Gasteiger partial charge in [0.1, 0.15) is 0 Å². The summed E-state index contributed by atoms with van der Waals surface area (Å²) in [6.07, 6.45) is 5.20. The molecule has 18 heavy (non-hydrogen) atoms. The Labute approximate surface area is 110 Å². The minimum absolute atomic E-state index is 0.0302. The van der Waals surface area contributed by atoms with Crippen molar-refractivity contribution < 1.29 is 9.90 Å². The molecule has 0 aromatic carbocycles. The predicted molar refractivity (Wildman–Crippen MR) is 71.2 cm³/mol. The number of carbonyl (C=O) groups is 1. The maximum Gasteiger partial charge on any atom is 0.239 e. The van der Waals surface area contributed by atoms with E-state index in [9.17, 15) is 9.90 Å². The molecule has 2 N–H and O–H groups in total. The molecule has 1 amide bonds. The number of aliphatic hydroxyl groups excluding tert-OH is 1. The van der Waals surface area contributed by atoms with Crippen LogP contribution in [-0.4, -0.2) is 47.7 Å². The average molecular weight is 254 g/mol. The number of likely N-dealkylation sites (tertiary alicyclic amines) is 1. The smallest absolute Gasteiger partial charge is 0.239 e. The van der Waals surface area contributed by atoms with Crippen molar-refractivity contribution in [1.82, 2.24) is 10.2 Å². The van der Waals surface area contributed by atoms with Gasteiger partial charge in [-0.05, 0) is 32.1 Å². The minimum Gasteiger partial charge on any atom is -0.396 e. The Balaban J connectivity index is 1.91. The fraction of sp³-hybridized carbons (Fsp3) is 0.929. The average Bonchev–Trinajstić information content (AvgIpc) is 3.15. The summed E-state index contributed by atoms with van der Waals surface area (Å²) in [5, 5.41) is 13.0. The topological polar surface area (TPSA) is 52.6 Å². The van der Waals surface area contributed by atoms with E-state index in [1.165, 1.54) is 12.8 Å². The van der Waals surface area contributed by atoms with Gasteiger partial charge in [-0.2, -0.15) is 0 Å². The third kappa shape index (κ3) is 2.86. The summed E-state index contributed by atoms with van der Waals surface area (Å²) in [4.78, 5) is 14.2. The first-order valence-electron chi connectivity index (χ1n) is 7.30. The number of aliphatic hydroxyl groups is 1. The fourth-order valence-corrected chi connectivity index (χ4v) is 2.74. The number of hydrogen-bond donors (Lipinski definition) is 2.